The monoisotopic (exact) mass is 979 g/mol. The Hall–Kier alpha value is -3.68. The number of thiol groups is 1. The highest BCUT2D eigenvalue weighted by molar-refractivity contribution is 7.80. The number of carbonyl (C=O) groups is 7. The molecule has 0 spiro atoms. The number of ketones is 3. The molecule has 1 aliphatic rings. The summed E-state index contributed by atoms with van der Waals surface area (Å²) in [5, 5.41) is 37.4. The summed E-state index contributed by atoms with van der Waals surface area (Å²) < 4.78 is 28.6. The average Bonchev–Trinajstić information content (AvgIpc) is 3.94. The Morgan fingerprint density at radius 2 is 1.62 bits per heavy atom. The van der Waals surface area contributed by atoms with Gasteiger partial charge in [0, 0.05) is 56.5 Å². The van der Waals surface area contributed by atoms with E-state index in [0.29, 0.717) is 25.1 Å². The van der Waals surface area contributed by atoms with Gasteiger partial charge in [-0.15, -0.1) is 0 Å². The number of carbonyl (C=O) groups excluding carboxylic acids is 7. The lowest BCUT2D eigenvalue weighted by molar-refractivity contribution is -0.140. The number of imidazole rings is 1. The van der Waals surface area contributed by atoms with Crippen LogP contribution in [0.5, 0.6) is 0 Å². The molecule has 0 aromatic carbocycles. The molecule has 4 amide bonds. The maximum absolute atomic E-state index is 14.2. The molecular weight excluding hydrogens is 910 g/mol. The summed E-state index contributed by atoms with van der Waals surface area (Å²) in [5.74, 6) is -6.59. The summed E-state index contributed by atoms with van der Waals surface area (Å²) in [6, 6.07) is -4.29. The average molecular weight is 980 g/mol. The Kier molecular flexibility index (Phi) is 26.5. The van der Waals surface area contributed by atoms with Crippen molar-refractivity contribution in [3.05, 3.63) is 18.2 Å². The Bertz CT molecular complexity index is 1780. The predicted octanol–water partition coefficient (Wildman–Crippen LogP) is -1.80. The lowest BCUT2D eigenvalue weighted by Gasteiger charge is -2.28. The fourth-order valence-corrected chi connectivity index (χ4v) is 7.98. The molecule has 2 heterocycles. The number of amides is 4. The first kappa shape index (κ1) is 58.4. The number of nitrogens with zero attached hydrogens (tertiary/aromatic N) is 3. The quantitative estimate of drug-likeness (QED) is 0.0207. The number of ether oxygens (including phenoxy) is 2. The second-order valence-corrected chi connectivity index (χ2v) is 18.3. The van der Waals surface area contributed by atoms with E-state index in [1.807, 2.05) is 13.8 Å². The van der Waals surface area contributed by atoms with Crippen LogP contribution in [0.4, 0.5) is 0 Å². The van der Waals surface area contributed by atoms with E-state index in [1.54, 1.807) is 4.57 Å². The second kappa shape index (κ2) is 29.9. The van der Waals surface area contributed by atoms with Crippen LogP contribution in [0.3, 0.4) is 0 Å². The second-order valence-electron chi connectivity index (χ2n) is 16.7. The number of nitrogens with one attached hydrogen (secondary N) is 3. The van der Waals surface area contributed by atoms with E-state index in [9.17, 15) is 63.2 Å². The van der Waals surface area contributed by atoms with Crippen LogP contribution in [0.2, 0.25) is 0 Å². The van der Waals surface area contributed by atoms with Crippen molar-refractivity contribution in [1.29, 1.82) is 0 Å². The number of likely N-dealkylation sites (tertiary alicyclic amines) is 1. The van der Waals surface area contributed by atoms with Crippen LogP contribution in [-0.4, -0.2) is 175 Å². The van der Waals surface area contributed by atoms with Gasteiger partial charge in [-0.1, -0.05) is 13.8 Å². The van der Waals surface area contributed by atoms with Crippen molar-refractivity contribution in [1.82, 2.24) is 30.4 Å². The molecule has 1 aliphatic heterocycles. The molecule has 376 valence electrons. The fraction of sp³-hybridized carbons (Fsp3) is 0.756. The first-order chi connectivity index (χ1) is 31.1. The first-order valence-corrected chi connectivity index (χ1v) is 24.2. The summed E-state index contributed by atoms with van der Waals surface area (Å²) in [5.41, 5.74) is 6.04. The summed E-state index contributed by atoms with van der Waals surface area (Å²) >= 11 is 3.98. The molecule has 1 saturated heterocycles. The normalized spacial score (nSPS) is 17.3. The van der Waals surface area contributed by atoms with Gasteiger partial charge in [0.15, 0.2) is 11.6 Å². The highest BCUT2D eigenvalue weighted by Crippen LogP contribution is 2.39. The summed E-state index contributed by atoms with van der Waals surface area (Å²) in [7, 11) is -5.05. The number of phosphoric acid groups is 1. The number of phosphoric ester groups is 1. The van der Waals surface area contributed by atoms with Gasteiger partial charge in [0.05, 0.1) is 88.5 Å². The zero-order chi connectivity index (χ0) is 49.6. The lowest BCUT2D eigenvalue weighted by Crippen LogP contribution is -2.52. The molecule has 1 aromatic heterocycles. The van der Waals surface area contributed by atoms with Crippen LogP contribution in [0.15, 0.2) is 12.5 Å². The highest BCUT2D eigenvalue weighted by atomic mass is 32.1. The molecule has 0 aliphatic carbocycles. The van der Waals surface area contributed by atoms with Gasteiger partial charge in [0.1, 0.15) is 17.9 Å². The highest BCUT2D eigenvalue weighted by Gasteiger charge is 2.38. The van der Waals surface area contributed by atoms with E-state index in [2.05, 4.69) is 38.1 Å². The predicted molar refractivity (Wildman–Crippen MR) is 239 cm³/mol. The van der Waals surface area contributed by atoms with Gasteiger partial charge in [-0.05, 0) is 45.4 Å². The maximum Gasteiger partial charge on any atom is 0.469 e. The van der Waals surface area contributed by atoms with Crippen LogP contribution < -0.4 is 21.7 Å². The number of Topliss-reactive ketones (excluding diaryl/α,β-unsaturated/α-hetero) is 3. The molecule has 8 atom stereocenters. The van der Waals surface area contributed by atoms with Gasteiger partial charge in [-0.25, -0.2) is 9.55 Å². The molecule has 66 heavy (non-hydrogen) atoms. The smallest absolute Gasteiger partial charge is 0.394 e. The van der Waals surface area contributed by atoms with Crippen LogP contribution in [-0.2, 0) is 65.1 Å². The van der Waals surface area contributed by atoms with Crippen molar-refractivity contribution >= 4 is 61.4 Å². The van der Waals surface area contributed by atoms with Crippen molar-refractivity contribution < 1.29 is 77.2 Å². The van der Waals surface area contributed by atoms with Crippen molar-refractivity contribution in [2.45, 2.75) is 122 Å². The third-order valence-electron chi connectivity index (χ3n) is 10.9. The molecule has 0 saturated carbocycles. The molecule has 1 fully saturated rings. The molecular formula is C41H70N7O16PS. The Labute approximate surface area is 390 Å². The largest absolute Gasteiger partial charge is 0.469 e. The zero-order valence-electron chi connectivity index (χ0n) is 38.1. The lowest BCUT2D eigenvalue weighted by atomic mass is 9.89. The topological polar surface area (TPSA) is 349 Å². The summed E-state index contributed by atoms with van der Waals surface area (Å²) in [6.45, 7) is 5.96. The van der Waals surface area contributed by atoms with Crippen LogP contribution in [0, 0.1) is 17.8 Å². The molecule has 10 N–H and O–H groups in total. The standard InChI is InChI=1S/C41H70N7O16PS/c1-25(2)16-33(45-41(58)35-6-5-10-48(35)38(55)8-12-62-14-15-63-13-9-44-40(57)32(42)23-66)36(53)18-28(17-29-20-43-24-47(29)11-7-30(52)21-49)39(56)46-34(22-50)37(54)19-31(26(3)51)27(4)64-65(59,60)61/h20,24-25,27-28,30-35,49-50,52,66H,5-19,21-23,42H2,1-4H3,(H,44,57)(H,45,58)(H,46,56)(H2,59,60,61)/t27-,28-,30+,31-,32+,33+,34+,35+/m1/s1. The van der Waals surface area contributed by atoms with Gasteiger partial charge in [-0.2, -0.15) is 12.6 Å². The first-order valence-electron chi connectivity index (χ1n) is 22.0. The molecule has 2 rings (SSSR count). The number of nitrogens with two attached hydrogens (primary N) is 1. The number of hydrogen-bond donors (Lipinski definition) is 10. The van der Waals surface area contributed by atoms with E-state index in [1.165, 1.54) is 24.3 Å². The molecule has 0 bridgehead atoms. The summed E-state index contributed by atoms with van der Waals surface area (Å²) in [6.07, 6.45) is 0.300. The van der Waals surface area contributed by atoms with Crippen molar-refractivity contribution in [2.75, 3.05) is 58.5 Å². The van der Waals surface area contributed by atoms with E-state index in [0.717, 1.165) is 6.92 Å². The van der Waals surface area contributed by atoms with Crippen molar-refractivity contribution in [2.24, 2.45) is 23.5 Å². The minimum Gasteiger partial charge on any atom is -0.394 e. The SMILES string of the molecule is CC(=O)[C@@H](CC(=O)[C@H](CO)NC(=O)[C@@H](CC(=O)[C@H](CC(C)C)NC(=O)[C@@H]1CCCN1C(=O)CCOCCOCCNC(=O)[C@@H](N)CS)Cc1cncn1CC[C@H](O)CO)[C@@H](C)OP(=O)(O)O. The Balaban J connectivity index is 2.20. The summed E-state index contributed by atoms with van der Waals surface area (Å²) in [4.78, 5) is 117. The van der Waals surface area contributed by atoms with E-state index >= 15 is 0 Å². The Morgan fingerprint density at radius 1 is 0.955 bits per heavy atom. The van der Waals surface area contributed by atoms with Gasteiger partial charge >= 0.3 is 7.82 Å². The number of hydrogen-bond acceptors (Lipinski definition) is 17. The third-order valence-corrected chi connectivity index (χ3v) is 11.9. The molecule has 1 aromatic rings. The number of aliphatic hydroxyl groups excluding tert-OH is 3. The number of aliphatic hydroxyl groups is 3. The number of aromatic nitrogens is 2. The molecule has 0 radical (unpaired) electrons. The van der Waals surface area contributed by atoms with E-state index < -0.39 is 111 Å². The van der Waals surface area contributed by atoms with E-state index in [-0.39, 0.29) is 88.7 Å². The van der Waals surface area contributed by atoms with Crippen LogP contribution in [0.1, 0.15) is 78.3 Å². The van der Waals surface area contributed by atoms with Crippen molar-refractivity contribution in [3.8, 4) is 0 Å². The molecule has 25 heteroatoms. The van der Waals surface area contributed by atoms with Crippen molar-refractivity contribution in [3.63, 3.8) is 0 Å². The van der Waals surface area contributed by atoms with Crippen LogP contribution in [0.25, 0.3) is 0 Å². The minimum absolute atomic E-state index is 0.0188. The van der Waals surface area contributed by atoms with Gasteiger partial charge in [-0.3, -0.25) is 38.1 Å². The molecule has 0 unspecified atom stereocenters. The maximum atomic E-state index is 14.2. The van der Waals surface area contributed by atoms with Gasteiger partial charge in [0.25, 0.3) is 0 Å². The Morgan fingerprint density at radius 3 is 2.23 bits per heavy atom. The van der Waals surface area contributed by atoms with Crippen LogP contribution >= 0.6 is 20.5 Å². The minimum atomic E-state index is -5.05. The molecule has 23 nitrogen and oxygen atoms in total. The number of rotatable bonds is 34. The van der Waals surface area contributed by atoms with Gasteiger partial charge in [0.2, 0.25) is 23.6 Å². The van der Waals surface area contributed by atoms with Gasteiger partial charge < -0.3 is 65.7 Å². The fourth-order valence-electron chi connectivity index (χ4n) is 7.23. The third kappa shape index (κ3) is 21.1. The number of aryl methyl sites for hydroxylation is 1. The zero-order valence-corrected chi connectivity index (χ0v) is 39.9. The van der Waals surface area contributed by atoms with E-state index in [4.69, 9.17) is 15.2 Å².